The highest BCUT2D eigenvalue weighted by molar-refractivity contribution is 5.95. The van der Waals surface area contributed by atoms with E-state index >= 15 is 0 Å². The maximum Gasteiger partial charge on any atom is 0.251 e. The Morgan fingerprint density at radius 3 is 2.52 bits per heavy atom. The largest absolute Gasteiger partial charge is 0.351 e. The molecule has 1 heterocycles. The Bertz CT molecular complexity index is 488. The molecule has 2 unspecified atom stereocenters. The van der Waals surface area contributed by atoms with Crippen LogP contribution >= 0.6 is 0 Å². The molecule has 1 aliphatic heterocycles. The molecule has 0 saturated carbocycles. The number of carbonyl (C=O) groups is 1. The molecule has 0 aromatic heterocycles. The molecule has 1 aliphatic rings. The van der Waals surface area contributed by atoms with Crippen LogP contribution in [0.1, 0.15) is 41.8 Å². The number of nitrogens with zero attached hydrogens (tertiary/aromatic N) is 1. The number of benzene rings is 1. The van der Waals surface area contributed by atoms with Crippen molar-refractivity contribution < 1.29 is 4.79 Å². The molecule has 0 spiro atoms. The van der Waals surface area contributed by atoms with Crippen LogP contribution in [-0.2, 0) is 0 Å². The van der Waals surface area contributed by atoms with Crippen molar-refractivity contribution in [2.45, 2.75) is 34.1 Å². The van der Waals surface area contributed by atoms with E-state index in [4.69, 9.17) is 0 Å². The molecule has 1 saturated heterocycles. The lowest BCUT2D eigenvalue weighted by Gasteiger charge is -2.34. The number of rotatable bonds is 4. The SMILES string of the molecule is Cc1ccc(C(=O)NCCN2CC(C)CC(C)C2)c(C)c1. The first-order valence-corrected chi connectivity index (χ1v) is 8.03. The first-order valence-electron chi connectivity index (χ1n) is 8.03. The number of piperidine rings is 1. The number of nitrogens with one attached hydrogen (secondary N) is 1. The van der Waals surface area contributed by atoms with E-state index < -0.39 is 0 Å². The van der Waals surface area contributed by atoms with Crippen molar-refractivity contribution in [3.05, 3.63) is 34.9 Å². The molecule has 21 heavy (non-hydrogen) atoms. The fraction of sp³-hybridized carbons (Fsp3) is 0.611. The second kappa shape index (κ2) is 7.08. The van der Waals surface area contributed by atoms with Gasteiger partial charge in [-0.3, -0.25) is 4.79 Å². The van der Waals surface area contributed by atoms with Gasteiger partial charge in [-0.2, -0.15) is 0 Å². The van der Waals surface area contributed by atoms with Gasteiger partial charge in [-0.25, -0.2) is 0 Å². The molecule has 3 heteroatoms. The van der Waals surface area contributed by atoms with Gasteiger partial charge < -0.3 is 10.2 Å². The van der Waals surface area contributed by atoms with Crippen LogP contribution in [0.25, 0.3) is 0 Å². The lowest BCUT2D eigenvalue weighted by Crippen LogP contribution is -2.42. The van der Waals surface area contributed by atoms with Gasteiger partial charge in [0.15, 0.2) is 0 Å². The third-order valence-electron chi connectivity index (χ3n) is 4.28. The average molecular weight is 288 g/mol. The average Bonchev–Trinajstić information content (AvgIpc) is 2.37. The minimum atomic E-state index is 0.0469. The van der Waals surface area contributed by atoms with Crippen LogP contribution in [0.5, 0.6) is 0 Å². The predicted molar refractivity (Wildman–Crippen MR) is 87.6 cm³/mol. The van der Waals surface area contributed by atoms with Crippen LogP contribution in [0.3, 0.4) is 0 Å². The predicted octanol–water partition coefficient (Wildman–Crippen LogP) is 3.01. The minimum Gasteiger partial charge on any atom is -0.351 e. The van der Waals surface area contributed by atoms with Crippen molar-refractivity contribution in [2.24, 2.45) is 11.8 Å². The standard InChI is InChI=1S/C18H28N2O/c1-13-5-6-17(16(4)10-13)18(21)19-7-8-20-11-14(2)9-15(3)12-20/h5-6,10,14-15H,7-9,11-12H2,1-4H3,(H,19,21). The van der Waals surface area contributed by atoms with Crippen molar-refractivity contribution in [1.82, 2.24) is 10.2 Å². The van der Waals surface area contributed by atoms with Gasteiger partial charge in [-0.05, 0) is 43.7 Å². The molecule has 1 aromatic carbocycles. The molecule has 1 N–H and O–H groups in total. The van der Waals surface area contributed by atoms with Gasteiger partial charge in [0.05, 0.1) is 0 Å². The topological polar surface area (TPSA) is 32.3 Å². The van der Waals surface area contributed by atoms with Crippen LogP contribution in [0, 0.1) is 25.7 Å². The highest BCUT2D eigenvalue weighted by atomic mass is 16.1. The van der Waals surface area contributed by atoms with E-state index in [0.29, 0.717) is 0 Å². The van der Waals surface area contributed by atoms with E-state index in [1.807, 2.05) is 26.0 Å². The van der Waals surface area contributed by atoms with Crippen LogP contribution < -0.4 is 5.32 Å². The summed E-state index contributed by atoms with van der Waals surface area (Å²) in [6, 6.07) is 5.98. The molecule has 116 valence electrons. The van der Waals surface area contributed by atoms with Gasteiger partial charge >= 0.3 is 0 Å². The van der Waals surface area contributed by atoms with Crippen molar-refractivity contribution >= 4 is 5.91 Å². The Labute approximate surface area is 128 Å². The number of hydrogen-bond donors (Lipinski definition) is 1. The van der Waals surface area contributed by atoms with E-state index in [1.165, 1.54) is 12.0 Å². The third kappa shape index (κ3) is 4.57. The van der Waals surface area contributed by atoms with E-state index in [0.717, 1.165) is 49.1 Å². The fourth-order valence-corrected chi connectivity index (χ4v) is 3.47. The molecule has 1 aromatic rings. The molecular weight excluding hydrogens is 260 g/mol. The summed E-state index contributed by atoms with van der Waals surface area (Å²) < 4.78 is 0. The Balaban J connectivity index is 1.81. The minimum absolute atomic E-state index is 0.0469. The van der Waals surface area contributed by atoms with E-state index in [1.54, 1.807) is 0 Å². The van der Waals surface area contributed by atoms with E-state index in [2.05, 4.69) is 30.1 Å². The fourth-order valence-electron chi connectivity index (χ4n) is 3.47. The van der Waals surface area contributed by atoms with Crippen molar-refractivity contribution in [3.63, 3.8) is 0 Å². The number of aryl methyl sites for hydroxylation is 2. The molecule has 0 aliphatic carbocycles. The molecule has 2 rings (SSSR count). The monoisotopic (exact) mass is 288 g/mol. The van der Waals surface area contributed by atoms with Crippen LogP contribution in [-0.4, -0.2) is 37.0 Å². The Hall–Kier alpha value is -1.35. The molecule has 2 atom stereocenters. The molecular formula is C18H28N2O. The number of likely N-dealkylation sites (tertiary alicyclic amines) is 1. The molecule has 0 radical (unpaired) electrons. The first kappa shape index (κ1) is 16.0. The molecule has 0 bridgehead atoms. The lowest BCUT2D eigenvalue weighted by molar-refractivity contribution is 0.0936. The van der Waals surface area contributed by atoms with Gasteiger partial charge in [-0.1, -0.05) is 31.5 Å². The van der Waals surface area contributed by atoms with Gasteiger partial charge in [0.25, 0.3) is 5.91 Å². The summed E-state index contributed by atoms with van der Waals surface area (Å²) in [4.78, 5) is 14.7. The Morgan fingerprint density at radius 2 is 1.90 bits per heavy atom. The maximum atomic E-state index is 12.2. The second-order valence-corrected chi connectivity index (χ2v) is 6.78. The zero-order valence-electron chi connectivity index (χ0n) is 13.8. The third-order valence-corrected chi connectivity index (χ3v) is 4.28. The normalized spacial score (nSPS) is 23.0. The Kier molecular flexibility index (Phi) is 5.40. The highest BCUT2D eigenvalue weighted by Gasteiger charge is 2.21. The number of carbonyl (C=O) groups excluding carboxylic acids is 1. The summed E-state index contributed by atoms with van der Waals surface area (Å²) in [6.45, 7) is 12.7. The molecule has 3 nitrogen and oxygen atoms in total. The van der Waals surface area contributed by atoms with Gasteiger partial charge in [0.2, 0.25) is 0 Å². The quantitative estimate of drug-likeness (QED) is 0.923. The summed E-state index contributed by atoms with van der Waals surface area (Å²) in [6.07, 6.45) is 1.32. The summed E-state index contributed by atoms with van der Waals surface area (Å²) in [7, 11) is 0. The number of hydrogen-bond acceptors (Lipinski definition) is 2. The van der Waals surface area contributed by atoms with Crippen molar-refractivity contribution in [3.8, 4) is 0 Å². The van der Waals surface area contributed by atoms with Gasteiger partial charge in [0, 0.05) is 31.7 Å². The first-order chi connectivity index (χ1) is 9.95. The van der Waals surface area contributed by atoms with Gasteiger partial charge in [0.1, 0.15) is 0 Å². The zero-order chi connectivity index (χ0) is 15.4. The number of amides is 1. The van der Waals surface area contributed by atoms with Crippen LogP contribution in [0.4, 0.5) is 0 Å². The Morgan fingerprint density at radius 1 is 1.24 bits per heavy atom. The zero-order valence-corrected chi connectivity index (χ0v) is 13.8. The van der Waals surface area contributed by atoms with Crippen LogP contribution in [0.2, 0.25) is 0 Å². The van der Waals surface area contributed by atoms with Crippen LogP contribution in [0.15, 0.2) is 18.2 Å². The maximum absolute atomic E-state index is 12.2. The summed E-state index contributed by atoms with van der Waals surface area (Å²) in [5, 5.41) is 3.06. The smallest absolute Gasteiger partial charge is 0.251 e. The lowest BCUT2D eigenvalue weighted by atomic mass is 9.92. The summed E-state index contributed by atoms with van der Waals surface area (Å²) in [5.41, 5.74) is 3.04. The summed E-state index contributed by atoms with van der Waals surface area (Å²) in [5.74, 6) is 1.58. The van der Waals surface area contributed by atoms with Crippen molar-refractivity contribution in [2.75, 3.05) is 26.2 Å². The second-order valence-electron chi connectivity index (χ2n) is 6.78. The summed E-state index contributed by atoms with van der Waals surface area (Å²) >= 11 is 0. The van der Waals surface area contributed by atoms with E-state index in [9.17, 15) is 4.79 Å². The van der Waals surface area contributed by atoms with Crippen molar-refractivity contribution in [1.29, 1.82) is 0 Å². The van der Waals surface area contributed by atoms with E-state index in [-0.39, 0.29) is 5.91 Å². The van der Waals surface area contributed by atoms with Gasteiger partial charge in [-0.15, -0.1) is 0 Å². The highest BCUT2D eigenvalue weighted by Crippen LogP contribution is 2.20. The molecule has 1 amide bonds. The molecule has 1 fully saturated rings.